The maximum Gasteiger partial charge on any atom is 0.485 e. The van der Waals surface area contributed by atoms with Crippen LogP contribution in [0.1, 0.15) is 94.2 Å². The van der Waals surface area contributed by atoms with E-state index in [-0.39, 0.29) is 22.4 Å². The van der Waals surface area contributed by atoms with Crippen LogP contribution in [0.5, 0.6) is 0 Å². The number of allylic oxidation sites excluding steroid dienone is 22. The molecule has 4 rings (SSSR count). The van der Waals surface area contributed by atoms with Gasteiger partial charge in [0.05, 0.1) is 12.5 Å². The summed E-state index contributed by atoms with van der Waals surface area (Å²) in [6.07, 6.45) is 38.8. The Bertz CT molecular complexity index is 3240. The van der Waals surface area contributed by atoms with Gasteiger partial charge in [-0.25, -0.2) is 33.7 Å². The molecule has 0 saturated heterocycles. The van der Waals surface area contributed by atoms with Crippen LogP contribution in [0.4, 0.5) is 37.7 Å². The quantitative estimate of drug-likeness (QED) is 0.0524. The predicted octanol–water partition coefficient (Wildman–Crippen LogP) is 10.1. The summed E-state index contributed by atoms with van der Waals surface area (Å²) >= 11 is 0. The number of aromatic nitrogens is 2. The van der Waals surface area contributed by atoms with Gasteiger partial charge in [-0.05, 0) is 75.7 Å². The lowest BCUT2D eigenvalue weighted by molar-refractivity contribution is -0.710. The highest BCUT2D eigenvalue weighted by Crippen LogP contribution is 2.44. The number of Topliss-reactive ketones (excluding diaryl/α,β-unsaturated/α-hetero) is 2. The van der Waals surface area contributed by atoms with Crippen LogP contribution in [0.3, 0.4) is 0 Å². The Kier molecular flexibility index (Phi) is 24.3. The Morgan fingerprint density at radius 3 is 1.10 bits per heavy atom. The number of pyridine rings is 2. The van der Waals surface area contributed by atoms with Crippen LogP contribution >= 0.6 is 0 Å². The van der Waals surface area contributed by atoms with Crippen LogP contribution in [-0.4, -0.2) is 77.9 Å². The Morgan fingerprint density at radius 1 is 0.550 bits per heavy atom. The average molecular weight is 1210 g/mol. The minimum Gasteiger partial charge on any atom is -0.741 e. The summed E-state index contributed by atoms with van der Waals surface area (Å²) in [6.45, 7) is 20.4. The lowest BCUT2D eigenvalue weighted by Crippen LogP contribution is -2.48. The van der Waals surface area contributed by atoms with Crippen molar-refractivity contribution in [2.24, 2.45) is 10.8 Å². The fourth-order valence-electron chi connectivity index (χ4n) is 8.03. The van der Waals surface area contributed by atoms with Crippen molar-refractivity contribution in [2.75, 3.05) is 22.0 Å². The highest BCUT2D eigenvalue weighted by molar-refractivity contribution is 7.92. The van der Waals surface area contributed by atoms with E-state index >= 15 is 0 Å². The monoisotopic (exact) mass is 1200 g/mol. The van der Waals surface area contributed by atoms with Crippen molar-refractivity contribution < 1.29 is 87.8 Å². The number of halogens is 6. The van der Waals surface area contributed by atoms with Crippen molar-refractivity contribution in [3.05, 3.63) is 179 Å². The smallest absolute Gasteiger partial charge is 0.485 e. The second-order valence-corrected chi connectivity index (χ2v) is 26.3. The van der Waals surface area contributed by atoms with Gasteiger partial charge in [0.25, 0.3) is 0 Å². The molecule has 2 aliphatic rings. The van der Waals surface area contributed by atoms with E-state index in [9.17, 15) is 52.8 Å². The fraction of sp³-hybridized carbons (Fsp3) is 0.370. The number of rotatable bonds is 16. The molecule has 2 aromatic heterocycles. The number of hydrogen-bond acceptors (Lipinski definition) is 12. The molecular formula is C54H66F6N4O12S4. The zero-order valence-corrected chi connectivity index (χ0v) is 49.2. The van der Waals surface area contributed by atoms with Crippen LogP contribution in [0, 0.1) is 10.8 Å². The number of ketones is 2. The number of hydrogen-bond donors (Lipinski definition) is 2. The molecule has 0 aliphatic heterocycles. The Hall–Kier alpha value is -6.32. The largest absolute Gasteiger partial charge is 0.741 e. The summed E-state index contributed by atoms with van der Waals surface area (Å²) < 4.78 is 173. The molecule has 0 aromatic carbocycles. The molecule has 0 bridgehead atoms. The first-order valence-electron chi connectivity index (χ1n) is 23.9. The molecule has 26 heteroatoms. The number of carbonyl (C=O) groups is 2. The highest BCUT2D eigenvalue weighted by atomic mass is 32.2. The highest BCUT2D eigenvalue weighted by Gasteiger charge is 2.44. The summed E-state index contributed by atoms with van der Waals surface area (Å²) in [5, 5.41) is 0. The normalized spacial score (nSPS) is 19.5. The molecule has 2 atom stereocenters. The molecule has 2 heterocycles. The van der Waals surface area contributed by atoms with Crippen LogP contribution in [0.15, 0.2) is 179 Å². The second-order valence-electron chi connectivity index (χ2n) is 20.1. The van der Waals surface area contributed by atoms with Crippen molar-refractivity contribution in [3.63, 3.8) is 0 Å². The minimum absolute atomic E-state index is 0.0182. The predicted molar refractivity (Wildman–Crippen MR) is 293 cm³/mol. The first kappa shape index (κ1) is 69.8. The zero-order chi connectivity index (χ0) is 61.6. The molecule has 0 fully saturated rings. The molecule has 2 N–H and O–H groups in total. The number of alkyl halides is 6. The lowest BCUT2D eigenvalue weighted by Gasteiger charge is -2.34. The minimum atomic E-state index is -6.09. The molecule has 2 unspecified atom stereocenters. The van der Waals surface area contributed by atoms with Gasteiger partial charge in [-0.2, -0.15) is 35.5 Å². The fourth-order valence-corrected chi connectivity index (χ4v) is 9.13. The van der Waals surface area contributed by atoms with E-state index in [0.717, 1.165) is 46.0 Å². The molecule has 440 valence electrons. The van der Waals surface area contributed by atoms with Crippen LogP contribution in [-0.2, 0) is 49.9 Å². The van der Waals surface area contributed by atoms with Gasteiger partial charge < -0.3 is 9.11 Å². The Morgan fingerprint density at radius 2 is 0.825 bits per heavy atom. The Labute approximate surface area is 465 Å². The summed E-state index contributed by atoms with van der Waals surface area (Å²) in [6, 6.07) is 5.95. The molecular weight excluding hydrogens is 1140 g/mol. The summed E-state index contributed by atoms with van der Waals surface area (Å²) in [4.78, 5) is 27.1. The van der Waals surface area contributed by atoms with E-state index < -0.39 is 63.4 Å². The molecule has 16 nitrogen and oxygen atoms in total. The first-order valence-corrected chi connectivity index (χ1v) is 30.5. The topological polar surface area (TPSA) is 249 Å². The van der Waals surface area contributed by atoms with E-state index in [1.807, 2.05) is 127 Å². The molecule has 80 heavy (non-hydrogen) atoms. The summed E-state index contributed by atoms with van der Waals surface area (Å²) in [5.74, 6) is 0.0364. The third-order valence-corrected chi connectivity index (χ3v) is 14.2. The number of anilines is 2. The molecule has 2 aliphatic carbocycles. The molecule has 0 radical (unpaired) electrons. The average Bonchev–Trinajstić information content (AvgIpc) is 3.28. The van der Waals surface area contributed by atoms with Gasteiger partial charge in [0.2, 0.25) is 43.7 Å². The maximum absolute atomic E-state index is 13.6. The number of carbonyl (C=O) groups excluding carboxylic acids is 2. The second kappa shape index (κ2) is 27.9. The maximum atomic E-state index is 13.6. The van der Waals surface area contributed by atoms with E-state index in [2.05, 4.69) is 37.1 Å². The summed E-state index contributed by atoms with van der Waals surface area (Å²) in [7, 11) is -19.1. The van der Waals surface area contributed by atoms with Crippen molar-refractivity contribution >= 4 is 63.2 Å². The Balaban J connectivity index is 0.00000118. The van der Waals surface area contributed by atoms with Gasteiger partial charge in [0, 0.05) is 36.1 Å². The molecule has 2 aromatic rings. The van der Waals surface area contributed by atoms with Gasteiger partial charge in [-0.15, -0.1) is 0 Å². The van der Waals surface area contributed by atoms with Gasteiger partial charge in [-0.1, -0.05) is 135 Å². The van der Waals surface area contributed by atoms with Gasteiger partial charge in [0.1, 0.15) is 11.4 Å². The van der Waals surface area contributed by atoms with Gasteiger partial charge >= 0.3 is 11.0 Å². The standard InChI is InChI=1S/C52H66N4O6S2.2CHF3O3S/c1-37(21-15-23-39(3)27-29-45-41(5)49(57)47(33-51(45,7)8)55-31-17-25-43(35-55)53-63(11,59)60)19-13-14-20-38(2)22-16-24-40(4)28-30-46-42(6)50(58)48(34-52(46,9)10)56-32-18-26-44(36-56)54-64(12,61)62;2*2-1(3,4)8(5,6)7/h13-32,35-36,47-48,53-54H,33-34H2,1-12H3;2*(H,5,6,7)/q+2;;/p-2/b14-13+,21-15+,22-16+,29-27+,30-28+,37-19+,38-20+,39-23+,40-24+;;. The SMILES string of the molecule is CC1=C(/C=C/C(C)=C/C=C/C(C)=C/C=C/C=C(C)/C=C/C=C(C)/C=C/C2=C(C)C(=O)C([n+]3cccc(NS(C)(=O)=O)c3)CC2(C)C)C(C)(C)CC([n+]2cccc(NS(C)(=O)=O)c2)C1=O.O=S(=O)([O-])C(F)(F)F.O=S(=O)([O-])C(F)(F)F. The van der Waals surface area contributed by atoms with Crippen molar-refractivity contribution in [1.29, 1.82) is 0 Å². The lowest BCUT2D eigenvalue weighted by atomic mass is 9.70. The first-order chi connectivity index (χ1) is 36.3. The molecule has 0 spiro atoms. The van der Waals surface area contributed by atoms with Crippen LogP contribution in [0.2, 0.25) is 0 Å². The van der Waals surface area contributed by atoms with Crippen molar-refractivity contribution in [2.45, 2.75) is 105 Å². The van der Waals surface area contributed by atoms with Gasteiger partial charge in [0.15, 0.2) is 45.0 Å². The van der Waals surface area contributed by atoms with Crippen LogP contribution in [0.25, 0.3) is 0 Å². The molecule has 0 amide bonds. The number of nitrogens with zero attached hydrogens (tertiary/aromatic N) is 2. The van der Waals surface area contributed by atoms with E-state index in [1.54, 1.807) is 58.2 Å². The third kappa shape index (κ3) is 23.0. The molecule has 0 saturated carbocycles. The number of sulfonamides is 2. The third-order valence-electron chi connectivity index (χ3n) is 11.8. The van der Waals surface area contributed by atoms with E-state index in [0.29, 0.717) is 35.4 Å². The van der Waals surface area contributed by atoms with Crippen molar-refractivity contribution in [1.82, 2.24) is 0 Å². The van der Waals surface area contributed by atoms with E-state index in [1.165, 1.54) is 0 Å². The van der Waals surface area contributed by atoms with Crippen LogP contribution < -0.4 is 18.6 Å². The summed E-state index contributed by atoms with van der Waals surface area (Å²) in [5.41, 5.74) is -3.37. The zero-order valence-electron chi connectivity index (χ0n) is 46.0. The number of nitrogens with one attached hydrogen (secondary N) is 2. The van der Waals surface area contributed by atoms with Gasteiger partial charge in [-0.3, -0.25) is 19.0 Å². The van der Waals surface area contributed by atoms with E-state index in [4.69, 9.17) is 25.9 Å². The van der Waals surface area contributed by atoms with Crippen molar-refractivity contribution in [3.8, 4) is 0 Å².